The highest BCUT2D eigenvalue weighted by Gasteiger charge is 2.15. The van der Waals surface area contributed by atoms with Crippen LogP contribution in [0.4, 0.5) is 5.69 Å². The summed E-state index contributed by atoms with van der Waals surface area (Å²) in [7, 11) is 0. The first-order valence-corrected chi connectivity index (χ1v) is 7.71. The van der Waals surface area contributed by atoms with Crippen LogP contribution < -0.4 is 9.47 Å². The summed E-state index contributed by atoms with van der Waals surface area (Å²) < 4.78 is 10.6. The van der Waals surface area contributed by atoms with Gasteiger partial charge in [0.05, 0.1) is 20.0 Å². The number of carbonyl (C=O) groups is 1. The van der Waals surface area contributed by atoms with Gasteiger partial charge in [0.15, 0.2) is 12.4 Å². The van der Waals surface area contributed by atoms with Crippen LogP contribution in [0.1, 0.15) is 0 Å². The van der Waals surface area contributed by atoms with Gasteiger partial charge in [-0.25, -0.2) is 0 Å². The third kappa shape index (κ3) is 4.64. The molecule has 10 heteroatoms. The second kappa shape index (κ2) is 7.90. The van der Waals surface area contributed by atoms with Gasteiger partial charge in [0, 0.05) is 24.3 Å². The molecular formula is C14H7Cl4NO5. The van der Waals surface area contributed by atoms with Crippen molar-refractivity contribution in [3.8, 4) is 17.2 Å². The van der Waals surface area contributed by atoms with Crippen molar-refractivity contribution in [1.29, 1.82) is 0 Å². The lowest BCUT2D eigenvalue weighted by Crippen LogP contribution is -2.05. The average Bonchev–Trinajstić information content (AvgIpc) is 2.48. The van der Waals surface area contributed by atoms with E-state index in [0.717, 1.165) is 6.07 Å². The number of benzene rings is 2. The van der Waals surface area contributed by atoms with Crippen LogP contribution in [0.25, 0.3) is 0 Å². The fourth-order valence-corrected chi connectivity index (χ4v) is 2.52. The van der Waals surface area contributed by atoms with Crippen LogP contribution in [0.15, 0.2) is 30.3 Å². The molecule has 0 saturated heterocycles. The summed E-state index contributed by atoms with van der Waals surface area (Å²) in [5.74, 6) is 0.485. The Kier molecular flexibility index (Phi) is 6.12. The Labute approximate surface area is 155 Å². The molecule has 0 aliphatic heterocycles. The summed E-state index contributed by atoms with van der Waals surface area (Å²) in [4.78, 5) is 20.8. The van der Waals surface area contributed by atoms with Crippen LogP contribution in [-0.2, 0) is 4.79 Å². The number of rotatable bonds is 6. The number of nitro benzene ring substituents is 1. The normalized spacial score (nSPS) is 10.3. The van der Waals surface area contributed by atoms with Crippen LogP contribution in [-0.4, -0.2) is 16.8 Å². The Morgan fingerprint density at radius 3 is 2.21 bits per heavy atom. The monoisotopic (exact) mass is 409 g/mol. The van der Waals surface area contributed by atoms with E-state index in [1.165, 1.54) is 24.3 Å². The Hall–Kier alpha value is -1.73. The number of nitro groups is 1. The first kappa shape index (κ1) is 18.6. The van der Waals surface area contributed by atoms with Gasteiger partial charge in [-0.05, 0) is 17.7 Å². The van der Waals surface area contributed by atoms with Crippen molar-refractivity contribution in [3.63, 3.8) is 0 Å². The summed E-state index contributed by atoms with van der Waals surface area (Å²) in [6.45, 7) is -0.393. The maximum absolute atomic E-state index is 10.7. The Morgan fingerprint density at radius 2 is 1.71 bits per heavy atom. The largest absolute Gasteiger partial charge is 0.481 e. The minimum Gasteiger partial charge on any atom is -0.481 e. The van der Waals surface area contributed by atoms with E-state index in [1.807, 2.05) is 0 Å². The van der Waals surface area contributed by atoms with Crippen molar-refractivity contribution in [2.75, 3.05) is 6.61 Å². The summed E-state index contributed by atoms with van der Waals surface area (Å²) in [5.41, 5.74) is -0.169. The molecule has 2 rings (SSSR count). The molecule has 2 aromatic carbocycles. The molecule has 0 aromatic heterocycles. The number of non-ortho nitro benzene ring substituents is 1. The maximum atomic E-state index is 10.7. The number of carbonyl (C=O) groups excluding carboxylic acids is 1. The van der Waals surface area contributed by atoms with Crippen LogP contribution in [0.2, 0.25) is 15.1 Å². The lowest BCUT2D eigenvalue weighted by molar-refractivity contribution is -0.384. The average molecular weight is 411 g/mol. The predicted molar refractivity (Wildman–Crippen MR) is 91.0 cm³/mol. The molecule has 126 valence electrons. The standard InChI is InChI=1S/C14H7Cl4NO5/c15-9-3-7(19(21)22)1-2-12(9)24-8-4-10(16)14(11(17)5-8)23-6-13(18)20/h1-5H,6H2. The molecule has 0 radical (unpaired) electrons. The predicted octanol–water partition coefficient (Wildman–Crippen LogP) is 5.49. The summed E-state index contributed by atoms with van der Waals surface area (Å²) in [5, 5.41) is 10.2. The van der Waals surface area contributed by atoms with E-state index in [-0.39, 0.29) is 38.0 Å². The van der Waals surface area contributed by atoms with E-state index in [1.54, 1.807) is 0 Å². The molecule has 6 nitrogen and oxygen atoms in total. The zero-order valence-corrected chi connectivity index (χ0v) is 14.6. The van der Waals surface area contributed by atoms with E-state index in [0.29, 0.717) is 0 Å². The van der Waals surface area contributed by atoms with Gasteiger partial charge in [-0.3, -0.25) is 14.9 Å². The van der Waals surface area contributed by atoms with Crippen molar-refractivity contribution in [2.24, 2.45) is 0 Å². The first-order chi connectivity index (χ1) is 11.3. The van der Waals surface area contributed by atoms with E-state index in [2.05, 4.69) is 0 Å². The quantitative estimate of drug-likeness (QED) is 0.357. The Balaban J connectivity index is 2.25. The van der Waals surface area contributed by atoms with Gasteiger partial charge in [0.25, 0.3) is 10.9 Å². The van der Waals surface area contributed by atoms with E-state index >= 15 is 0 Å². The third-order valence-corrected chi connectivity index (χ3v) is 3.62. The molecule has 0 aliphatic rings. The van der Waals surface area contributed by atoms with Crippen LogP contribution in [0.3, 0.4) is 0 Å². The first-order valence-electron chi connectivity index (χ1n) is 6.20. The fourth-order valence-electron chi connectivity index (χ4n) is 1.68. The van der Waals surface area contributed by atoms with Crippen LogP contribution >= 0.6 is 46.4 Å². The molecule has 0 amide bonds. The highest BCUT2D eigenvalue weighted by molar-refractivity contribution is 6.64. The maximum Gasteiger partial charge on any atom is 0.271 e. The van der Waals surface area contributed by atoms with Crippen molar-refractivity contribution >= 4 is 57.3 Å². The number of ether oxygens (including phenoxy) is 2. The molecule has 0 saturated carbocycles. The molecular weight excluding hydrogens is 404 g/mol. The zero-order chi connectivity index (χ0) is 17.9. The van der Waals surface area contributed by atoms with Gasteiger partial charge in [0.1, 0.15) is 11.5 Å². The fraction of sp³-hybridized carbons (Fsp3) is 0.0714. The lowest BCUT2D eigenvalue weighted by Gasteiger charge is -2.12. The van der Waals surface area contributed by atoms with Crippen molar-refractivity contribution < 1.29 is 19.2 Å². The van der Waals surface area contributed by atoms with Gasteiger partial charge >= 0.3 is 0 Å². The van der Waals surface area contributed by atoms with Gasteiger partial charge in [0.2, 0.25) is 0 Å². The molecule has 0 N–H and O–H groups in total. The topological polar surface area (TPSA) is 78.7 Å². The van der Waals surface area contributed by atoms with Crippen LogP contribution in [0.5, 0.6) is 17.2 Å². The van der Waals surface area contributed by atoms with Gasteiger partial charge in [-0.2, -0.15) is 0 Å². The summed E-state index contributed by atoms with van der Waals surface area (Å²) in [6.07, 6.45) is 0. The second-order valence-corrected chi connectivity index (χ2v) is 5.98. The molecule has 0 aliphatic carbocycles. The Bertz CT molecular complexity index is 789. The molecule has 0 heterocycles. The number of hydrogen-bond donors (Lipinski definition) is 0. The zero-order valence-electron chi connectivity index (χ0n) is 11.6. The lowest BCUT2D eigenvalue weighted by atomic mass is 10.3. The smallest absolute Gasteiger partial charge is 0.271 e. The molecule has 0 fully saturated rings. The van der Waals surface area contributed by atoms with E-state index in [4.69, 9.17) is 55.9 Å². The molecule has 0 unspecified atom stereocenters. The SMILES string of the molecule is O=C(Cl)COc1c(Cl)cc(Oc2ccc([N+](=O)[O-])cc2Cl)cc1Cl. The highest BCUT2D eigenvalue weighted by atomic mass is 35.5. The van der Waals surface area contributed by atoms with Crippen molar-refractivity contribution in [2.45, 2.75) is 0 Å². The van der Waals surface area contributed by atoms with E-state index < -0.39 is 16.8 Å². The number of halogens is 4. The van der Waals surface area contributed by atoms with Gasteiger partial charge in [-0.1, -0.05) is 34.8 Å². The van der Waals surface area contributed by atoms with Gasteiger partial charge in [-0.15, -0.1) is 0 Å². The molecule has 0 atom stereocenters. The second-order valence-electron chi connectivity index (χ2n) is 4.33. The minimum absolute atomic E-state index is 0.0458. The molecule has 0 spiro atoms. The molecule has 0 bridgehead atoms. The third-order valence-electron chi connectivity index (χ3n) is 2.66. The number of nitrogens with zero attached hydrogens (tertiary/aromatic N) is 1. The Morgan fingerprint density at radius 1 is 1.08 bits per heavy atom. The van der Waals surface area contributed by atoms with E-state index in [9.17, 15) is 14.9 Å². The van der Waals surface area contributed by atoms with Gasteiger partial charge < -0.3 is 9.47 Å². The number of hydrogen-bond acceptors (Lipinski definition) is 5. The highest BCUT2D eigenvalue weighted by Crippen LogP contribution is 2.40. The molecule has 2 aromatic rings. The van der Waals surface area contributed by atoms with Crippen LogP contribution in [0, 0.1) is 10.1 Å². The summed E-state index contributed by atoms with van der Waals surface area (Å²) in [6, 6.07) is 6.52. The minimum atomic E-state index is -0.708. The summed E-state index contributed by atoms with van der Waals surface area (Å²) >= 11 is 23.2. The van der Waals surface area contributed by atoms with Crippen molar-refractivity contribution in [1.82, 2.24) is 0 Å². The molecule has 24 heavy (non-hydrogen) atoms. The van der Waals surface area contributed by atoms with Crippen molar-refractivity contribution in [3.05, 3.63) is 55.5 Å².